The zero-order valence-electron chi connectivity index (χ0n) is 17.9. The lowest BCUT2D eigenvalue weighted by Crippen LogP contribution is -2.32. The summed E-state index contributed by atoms with van der Waals surface area (Å²) >= 11 is 0. The van der Waals surface area contributed by atoms with Gasteiger partial charge in [-0.15, -0.1) is 0 Å². The summed E-state index contributed by atoms with van der Waals surface area (Å²) in [4.78, 5) is 26.8. The average molecular weight is 425 g/mol. The normalized spacial score (nSPS) is 15.2. The quantitative estimate of drug-likeness (QED) is 0.512. The number of carbonyl (C=O) groups is 1. The lowest BCUT2D eigenvalue weighted by molar-refractivity contribution is 0.0934. The molecule has 1 aliphatic carbocycles. The van der Waals surface area contributed by atoms with Crippen LogP contribution in [0.2, 0.25) is 0 Å². The van der Waals surface area contributed by atoms with Gasteiger partial charge in [-0.2, -0.15) is 0 Å². The van der Waals surface area contributed by atoms with E-state index in [1.165, 1.54) is 15.7 Å². The first-order chi connectivity index (χ1) is 15.7. The number of benzene rings is 3. The number of carbonyl (C=O) groups excluding carboxylic acids is 1. The molecule has 1 amide bonds. The summed E-state index contributed by atoms with van der Waals surface area (Å²) in [6, 6.07) is 22.8. The molecule has 5 heteroatoms. The van der Waals surface area contributed by atoms with Crippen LogP contribution in [-0.4, -0.2) is 17.6 Å². The van der Waals surface area contributed by atoms with Crippen LogP contribution in [0.15, 0.2) is 83.8 Å². The van der Waals surface area contributed by atoms with Crippen molar-refractivity contribution in [2.45, 2.75) is 25.3 Å². The molecule has 1 aliphatic rings. The molecule has 1 N–H and O–H groups in total. The second-order valence-corrected chi connectivity index (χ2v) is 8.08. The highest BCUT2D eigenvalue weighted by molar-refractivity contribution is 6.06. The maximum absolute atomic E-state index is 13.5. The first-order valence-electron chi connectivity index (χ1n) is 10.8. The van der Waals surface area contributed by atoms with Gasteiger partial charge in [-0.05, 0) is 48.6 Å². The third-order valence-corrected chi connectivity index (χ3v) is 6.18. The van der Waals surface area contributed by atoms with Gasteiger partial charge < -0.3 is 10.1 Å². The van der Waals surface area contributed by atoms with Crippen molar-refractivity contribution in [1.29, 1.82) is 0 Å². The van der Waals surface area contributed by atoms with Crippen molar-refractivity contribution in [3.63, 3.8) is 0 Å². The predicted octanol–water partition coefficient (Wildman–Crippen LogP) is 4.81. The fourth-order valence-electron chi connectivity index (χ4n) is 4.56. The highest BCUT2D eigenvalue weighted by Gasteiger charge is 2.23. The maximum Gasteiger partial charge on any atom is 0.262 e. The van der Waals surface area contributed by atoms with E-state index in [0.29, 0.717) is 27.8 Å². The second kappa shape index (κ2) is 8.35. The molecular formula is C27H24N2O3. The summed E-state index contributed by atoms with van der Waals surface area (Å²) in [6.45, 7) is 0. The van der Waals surface area contributed by atoms with Crippen LogP contribution in [0, 0.1) is 0 Å². The minimum atomic E-state index is -0.181. The molecule has 0 bridgehead atoms. The molecule has 5 nitrogen and oxygen atoms in total. The summed E-state index contributed by atoms with van der Waals surface area (Å²) < 4.78 is 6.84. The fourth-order valence-corrected chi connectivity index (χ4v) is 4.56. The third kappa shape index (κ3) is 3.56. The van der Waals surface area contributed by atoms with E-state index < -0.39 is 0 Å². The van der Waals surface area contributed by atoms with E-state index in [2.05, 4.69) is 17.4 Å². The maximum atomic E-state index is 13.5. The van der Waals surface area contributed by atoms with Gasteiger partial charge in [0, 0.05) is 23.0 Å². The number of pyridine rings is 1. The largest absolute Gasteiger partial charge is 0.497 e. The van der Waals surface area contributed by atoms with E-state index in [4.69, 9.17) is 4.74 Å². The molecule has 32 heavy (non-hydrogen) atoms. The number of methoxy groups -OCH3 is 1. The van der Waals surface area contributed by atoms with Gasteiger partial charge in [0.2, 0.25) is 0 Å². The van der Waals surface area contributed by atoms with Gasteiger partial charge in [-0.25, -0.2) is 0 Å². The molecule has 1 aromatic heterocycles. The molecule has 0 fully saturated rings. The molecule has 160 valence electrons. The van der Waals surface area contributed by atoms with Crippen LogP contribution in [0.4, 0.5) is 0 Å². The number of rotatable bonds is 4. The monoisotopic (exact) mass is 424 g/mol. The zero-order chi connectivity index (χ0) is 22.1. The fraction of sp³-hybridized carbons (Fsp3) is 0.185. The summed E-state index contributed by atoms with van der Waals surface area (Å²) in [7, 11) is 1.59. The Morgan fingerprint density at radius 3 is 2.62 bits per heavy atom. The van der Waals surface area contributed by atoms with Crippen LogP contribution in [-0.2, 0) is 6.42 Å². The number of fused-ring (bicyclic) bond motifs is 2. The molecule has 0 radical (unpaired) electrons. The number of ether oxygens (including phenoxy) is 1. The van der Waals surface area contributed by atoms with Crippen LogP contribution in [0.25, 0.3) is 16.5 Å². The predicted molar refractivity (Wildman–Crippen MR) is 126 cm³/mol. The summed E-state index contributed by atoms with van der Waals surface area (Å²) in [5.74, 6) is 0.465. The van der Waals surface area contributed by atoms with Crippen LogP contribution in [0.3, 0.4) is 0 Å². The van der Waals surface area contributed by atoms with Gasteiger partial charge in [0.15, 0.2) is 0 Å². The van der Waals surface area contributed by atoms with E-state index in [0.717, 1.165) is 19.3 Å². The molecule has 0 saturated carbocycles. The Morgan fingerprint density at radius 1 is 1.00 bits per heavy atom. The van der Waals surface area contributed by atoms with Crippen LogP contribution in [0.1, 0.15) is 40.4 Å². The number of aryl methyl sites for hydroxylation is 1. The van der Waals surface area contributed by atoms with E-state index in [1.807, 2.05) is 48.5 Å². The second-order valence-electron chi connectivity index (χ2n) is 8.08. The average Bonchev–Trinajstić information content (AvgIpc) is 2.84. The number of nitrogens with zero attached hydrogens (tertiary/aromatic N) is 1. The molecule has 1 atom stereocenters. The van der Waals surface area contributed by atoms with E-state index in [-0.39, 0.29) is 17.5 Å². The molecule has 0 aliphatic heterocycles. The third-order valence-electron chi connectivity index (χ3n) is 6.18. The minimum absolute atomic E-state index is 0.0385. The van der Waals surface area contributed by atoms with Gasteiger partial charge in [0.1, 0.15) is 5.75 Å². The van der Waals surface area contributed by atoms with Crippen LogP contribution >= 0.6 is 0 Å². The number of amides is 1. The Morgan fingerprint density at radius 2 is 1.78 bits per heavy atom. The highest BCUT2D eigenvalue weighted by Crippen LogP contribution is 2.30. The van der Waals surface area contributed by atoms with Crippen molar-refractivity contribution >= 4 is 16.7 Å². The number of hydrogen-bond acceptors (Lipinski definition) is 3. The van der Waals surface area contributed by atoms with Gasteiger partial charge in [-0.3, -0.25) is 14.2 Å². The van der Waals surface area contributed by atoms with Crippen molar-refractivity contribution in [2.75, 3.05) is 7.11 Å². The van der Waals surface area contributed by atoms with Crippen molar-refractivity contribution in [3.05, 3.63) is 106 Å². The SMILES string of the molecule is COc1cccc(-n2cc(C(=O)N[C@H]3CCCc4ccccc43)c3ccccc3c2=O)c1. The van der Waals surface area contributed by atoms with Crippen molar-refractivity contribution in [1.82, 2.24) is 9.88 Å². The van der Waals surface area contributed by atoms with Gasteiger partial charge >= 0.3 is 0 Å². The van der Waals surface area contributed by atoms with Gasteiger partial charge in [0.25, 0.3) is 11.5 Å². The smallest absolute Gasteiger partial charge is 0.262 e. The Hall–Kier alpha value is -3.86. The first kappa shape index (κ1) is 20.1. The highest BCUT2D eigenvalue weighted by atomic mass is 16.5. The molecular weight excluding hydrogens is 400 g/mol. The van der Waals surface area contributed by atoms with E-state index in [9.17, 15) is 9.59 Å². The van der Waals surface area contributed by atoms with E-state index in [1.54, 1.807) is 25.4 Å². The molecule has 4 aromatic rings. The Bertz CT molecular complexity index is 1370. The molecule has 5 rings (SSSR count). The standard InChI is InChI=1S/C27H24N2O3/c1-32-20-11-7-10-19(16-20)29-17-24(22-13-4-5-14-23(22)27(29)31)26(30)28-25-15-6-9-18-8-2-3-12-21(18)25/h2-5,7-8,10-14,16-17,25H,6,9,15H2,1H3,(H,28,30)/t25-/m0/s1. The summed E-state index contributed by atoms with van der Waals surface area (Å²) in [5, 5.41) is 4.38. The number of nitrogens with one attached hydrogen (secondary N) is 1. The first-order valence-corrected chi connectivity index (χ1v) is 10.8. The summed E-state index contributed by atoms with van der Waals surface area (Å²) in [6.07, 6.45) is 4.61. The minimum Gasteiger partial charge on any atom is -0.497 e. The van der Waals surface area contributed by atoms with Crippen LogP contribution < -0.4 is 15.6 Å². The lowest BCUT2D eigenvalue weighted by Gasteiger charge is -2.26. The van der Waals surface area contributed by atoms with Crippen molar-refractivity contribution < 1.29 is 9.53 Å². The molecule has 0 spiro atoms. The summed E-state index contributed by atoms with van der Waals surface area (Å²) in [5.41, 5.74) is 3.42. The topological polar surface area (TPSA) is 60.3 Å². The Labute approximate surface area is 186 Å². The van der Waals surface area contributed by atoms with Crippen molar-refractivity contribution in [3.8, 4) is 11.4 Å². The van der Waals surface area contributed by atoms with Gasteiger partial charge in [-0.1, -0.05) is 48.5 Å². The van der Waals surface area contributed by atoms with E-state index >= 15 is 0 Å². The Balaban J connectivity index is 1.60. The molecule has 0 saturated heterocycles. The number of hydrogen-bond donors (Lipinski definition) is 1. The van der Waals surface area contributed by atoms with Gasteiger partial charge in [0.05, 0.1) is 24.4 Å². The zero-order valence-corrected chi connectivity index (χ0v) is 17.9. The van der Waals surface area contributed by atoms with Crippen molar-refractivity contribution in [2.24, 2.45) is 0 Å². The molecule has 0 unspecified atom stereocenters. The Kier molecular flexibility index (Phi) is 5.23. The number of aromatic nitrogens is 1. The lowest BCUT2D eigenvalue weighted by atomic mass is 9.87. The molecule has 3 aromatic carbocycles. The van der Waals surface area contributed by atoms with Crippen LogP contribution in [0.5, 0.6) is 5.75 Å². The molecule has 1 heterocycles.